The molecule has 3 heteroatoms. The summed E-state index contributed by atoms with van der Waals surface area (Å²) in [6.45, 7) is 2.42. The first-order valence-electron chi connectivity index (χ1n) is 16.3. The fourth-order valence-corrected chi connectivity index (χ4v) is 9.03. The van der Waals surface area contributed by atoms with Gasteiger partial charge in [-0.3, -0.25) is 0 Å². The van der Waals surface area contributed by atoms with Crippen molar-refractivity contribution in [3.05, 3.63) is 173 Å². The third kappa shape index (κ3) is 3.58. The van der Waals surface area contributed by atoms with Crippen molar-refractivity contribution >= 4 is 46.6 Å². The van der Waals surface area contributed by atoms with Crippen LogP contribution in [0.15, 0.2) is 151 Å². The number of aromatic nitrogens is 1. The Morgan fingerprint density at radius 2 is 1.28 bits per heavy atom. The zero-order valence-corrected chi connectivity index (χ0v) is 27.2. The van der Waals surface area contributed by atoms with Gasteiger partial charge in [-0.25, -0.2) is 0 Å². The van der Waals surface area contributed by atoms with E-state index in [2.05, 4.69) is 145 Å². The number of allylic oxidation sites excluding steroid dienone is 4. The van der Waals surface area contributed by atoms with Crippen LogP contribution in [0.4, 0.5) is 5.69 Å². The Bertz CT molecular complexity index is 2500. The molecule has 0 radical (unpaired) electrons. The lowest BCUT2D eigenvalue weighted by atomic mass is 9.65. The molecule has 3 aliphatic rings. The number of para-hydroxylation sites is 2. The van der Waals surface area contributed by atoms with E-state index in [-0.39, 0.29) is 18.9 Å². The molecule has 2 nitrogen and oxygen atoms in total. The fourth-order valence-electron chi connectivity index (χ4n) is 9.03. The maximum absolute atomic E-state index is 6.43. The van der Waals surface area contributed by atoms with Gasteiger partial charge in [-0.05, 0) is 98.8 Å². The van der Waals surface area contributed by atoms with Gasteiger partial charge in [0.25, 0.3) is 0 Å². The Kier molecular flexibility index (Phi) is 6.03. The summed E-state index contributed by atoms with van der Waals surface area (Å²) in [6, 6.07) is 49.2. The van der Waals surface area contributed by atoms with Gasteiger partial charge in [0.2, 0.25) is 0 Å². The quantitative estimate of drug-likeness (QED) is 0.191. The van der Waals surface area contributed by atoms with Crippen LogP contribution in [-0.2, 0) is 5.41 Å². The largest absolute Gasteiger partial charge is 0.398 e. The smallest absolute Gasteiger partial charge is 0.0691 e. The van der Waals surface area contributed by atoms with Gasteiger partial charge in [-0.15, -0.1) is 0 Å². The topological polar surface area (TPSA) is 30.9 Å². The van der Waals surface area contributed by atoms with Gasteiger partial charge >= 0.3 is 0 Å². The number of fused-ring (bicyclic) bond motifs is 12. The lowest BCUT2D eigenvalue weighted by molar-refractivity contribution is 0.591. The molecule has 7 aromatic rings. The van der Waals surface area contributed by atoms with Gasteiger partial charge in [-0.1, -0.05) is 116 Å². The molecule has 0 fully saturated rings. The molecular formula is C44H34N2S. The van der Waals surface area contributed by atoms with Gasteiger partial charge in [0.1, 0.15) is 0 Å². The minimum atomic E-state index is -0.311. The Morgan fingerprint density at radius 1 is 0.617 bits per heavy atom. The summed E-state index contributed by atoms with van der Waals surface area (Å²) >= 11 is 0. The van der Waals surface area contributed by atoms with Gasteiger partial charge < -0.3 is 10.3 Å². The number of rotatable bonds is 2. The molecule has 0 amide bonds. The summed E-state index contributed by atoms with van der Waals surface area (Å²) in [6.07, 6.45) is 5.82. The van der Waals surface area contributed by atoms with Crippen molar-refractivity contribution in [1.29, 1.82) is 0 Å². The fraction of sp³-hybridized carbons (Fsp3) is 0.0909. The summed E-state index contributed by atoms with van der Waals surface area (Å²) in [7, 11) is 0. The van der Waals surface area contributed by atoms with Crippen LogP contribution in [0.25, 0.3) is 55.3 Å². The maximum Gasteiger partial charge on any atom is 0.0691 e. The first-order chi connectivity index (χ1) is 22.7. The summed E-state index contributed by atoms with van der Waals surface area (Å²) < 4.78 is 2.46. The van der Waals surface area contributed by atoms with Crippen LogP contribution < -0.4 is 5.73 Å². The lowest BCUT2D eigenvalue weighted by Crippen LogP contribution is -2.30. The molecule has 3 aliphatic carbocycles. The van der Waals surface area contributed by atoms with Crippen LogP contribution in [0.1, 0.15) is 35.6 Å². The van der Waals surface area contributed by atoms with Crippen LogP contribution in [0.3, 0.4) is 0 Å². The number of benzene rings is 6. The zero-order chi connectivity index (χ0) is 30.6. The average Bonchev–Trinajstić information content (AvgIpc) is 3.70. The number of nitrogens with two attached hydrogens (primary N) is 1. The van der Waals surface area contributed by atoms with E-state index in [1.807, 2.05) is 12.1 Å². The molecule has 6 aromatic carbocycles. The maximum atomic E-state index is 6.43. The first-order valence-corrected chi connectivity index (χ1v) is 16.3. The van der Waals surface area contributed by atoms with E-state index in [4.69, 9.17) is 5.73 Å². The van der Waals surface area contributed by atoms with E-state index >= 15 is 0 Å². The number of nitrogen functional groups attached to an aromatic ring is 1. The highest BCUT2D eigenvalue weighted by atomic mass is 32.1. The van der Waals surface area contributed by atoms with Crippen molar-refractivity contribution in [2.24, 2.45) is 5.92 Å². The highest BCUT2D eigenvalue weighted by Crippen LogP contribution is 2.64. The first kappa shape index (κ1) is 28.0. The molecule has 10 rings (SSSR count). The third-order valence-electron chi connectivity index (χ3n) is 10.8. The number of nitrogens with zero attached hydrogens (tertiary/aromatic N) is 1. The molecule has 0 saturated carbocycles. The predicted octanol–water partition coefficient (Wildman–Crippen LogP) is 10.8. The molecule has 47 heavy (non-hydrogen) atoms. The van der Waals surface area contributed by atoms with Crippen LogP contribution in [0.2, 0.25) is 0 Å². The van der Waals surface area contributed by atoms with Crippen LogP contribution >= 0.6 is 13.5 Å². The van der Waals surface area contributed by atoms with Gasteiger partial charge in [0.05, 0.1) is 16.4 Å². The Morgan fingerprint density at radius 3 is 2.11 bits per heavy atom. The molecule has 2 N–H and O–H groups in total. The van der Waals surface area contributed by atoms with E-state index < -0.39 is 0 Å². The van der Waals surface area contributed by atoms with Gasteiger partial charge in [0, 0.05) is 27.7 Å². The van der Waals surface area contributed by atoms with Crippen molar-refractivity contribution in [3.8, 4) is 27.9 Å². The monoisotopic (exact) mass is 622 g/mol. The second kappa shape index (κ2) is 10.1. The molecule has 2 unspecified atom stereocenters. The molecule has 1 aromatic heterocycles. The Hall–Kier alpha value is -5.25. The van der Waals surface area contributed by atoms with Gasteiger partial charge in [-0.2, -0.15) is 13.5 Å². The van der Waals surface area contributed by atoms with E-state index in [1.54, 1.807) is 5.57 Å². The summed E-state index contributed by atoms with van der Waals surface area (Å²) in [5.74, 6) is 0.437. The van der Waals surface area contributed by atoms with Crippen LogP contribution in [0, 0.1) is 5.92 Å². The number of anilines is 1. The summed E-state index contributed by atoms with van der Waals surface area (Å²) in [5, 5.41) is 2.48. The normalized spacial score (nSPS) is 18.7. The highest BCUT2D eigenvalue weighted by molar-refractivity contribution is 7.59. The predicted molar refractivity (Wildman–Crippen MR) is 203 cm³/mol. The van der Waals surface area contributed by atoms with Crippen molar-refractivity contribution < 1.29 is 0 Å². The Balaban J connectivity index is 0.00000302. The van der Waals surface area contributed by atoms with Gasteiger partial charge in [0.15, 0.2) is 0 Å². The van der Waals surface area contributed by atoms with E-state index in [9.17, 15) is 0 Å². The molecule has 2 atom stereocenters. The summed E-state index contributed by atoms with van der Waals surface area (Å²) in [4.78, 5) is 0. The van der Waals surface area contributed by atoms with Crippen molar-refractivity contribution in [2.45, 2.75) is 18.8 Å². The second-order valence-electron chi connectivity index (χ2n) is 13.1. The van der Waals surface area contributed by atoms with E-state index in [0.717, 1.165) is 23.2 Å². The zero-order valence-electron chi connectivity index (χ0n) is 26.2. The van der Waals surface area contributed by atoms with Crippen LogP contribution in [0.5, 0.6) is 0 Å². The van der Waals surface area contributed by atoms with Crippen LogP contribution in [-0.4, -0.2) is 4.57 Å². The molecule has 0 bridgehead atoms. The summed E-state index contributed by atoms with van der Waals surface area (Å²) in [5.41, 5.74) is 24.0. The minimum Gasteiger partial charge on any atom is -0.398 e. The Labute approximate surface area is 281 Å². The average molecular weight is 623 g/mol. The van der Waals surface area contributed by atoms with Crippen molar-refractivity contribution in [3.63, 3.8) is 0 Å². The molecule has 1 spiro atoms. The second-order valence-corrected chi connectivity index (χ2v) is 13.1. The standard InChI is InChI=1S/C44H32N2.H2S/c1-27-11-10-16-35-32-14-3-7-18-38(32)44(43(27)35)37-17-6-2-13-31(37)33-23-22-29(26-39(33)44)46-41-20-9-5-15-34(41)36-25-28(21-24-42(36)46)30-12-4-8-19-40(30)45;/h2-10,12-27H,11,45H2,1H3;1H2. The molecular weight excluding hydrogens is 589 g/mol. The molecule has 0 aliphatic heterocycles. The third-order valence-corrected chi connectivity index (χ3v) is 10.8. The highest BCUT2D eigenvalue weighted by Gasteiger charge is 2.54. The van der Waals surface area contributed by atoms with Crippen molar-refractivity contribution in [2.75, 3.05) is 5.73 Å². The van der Waals surface area contributed by atoms with E-state index in [0.29, 0.717) is 5.92 Å². The minimum absolute atomic E-state index is 0. The number of hydrogen-bond acceptors (Lipinski definition) is 1. The van der Waals surface area contributed by atoms with Crippen molar-refractivity contribution in [1.82, 2.24) is 4.57 Å². The molecule has 0 saturated heterocycles. The number of hydrogen-bond donors (Lipinski definition) is 1. The lowest BCUT2D eigenvalue weighted by Gasteiger charge is -2.36. The SMILES string of the molecule is CC1CC=CC2=C1C1(c3ccccc32)c2ccccc2-c2ccc(-n3c4ccccc4c4cc(-c5ccccc5N)ccc43)cc21.S. The van der Waals surface area contributed by atoms with E-state index in [1.165, 1.54) is 66.4 Å². The molecule has 1 heterocycles. The molecule has 226 valence electrons.